The second kappa shape index (κ2) is 6.25. The number of rotatable bonds is 2. The van der Waals surface area contributed by atoms with Gasteiger partial charge in [-0.25, -0.2) is 4.79 Å². The van der Waals surface area contributed by atoms with Gasteiger partial charge in [0.15, 0.2) is 0 Å². The number of benzene rings is 1. The molecule has 4 aliphatic heterocycles. The molecule has 1 aromatic carbocycles. The molecule has 0 amide bonds. The second-order valence-electron chi connectivity index (χ2n) is 7.42. The molecule has 5 atom stereocenters. The number of piperidine rings is 2. The molecule has 4 saturated heterocycles. The van der Waals surface area contributed by atoms with Gasteiger partial charge in [0.05, 0.1) is 5.56 Å². The first kappa shape index (κ1) is 15.2. The molecule has 4 heterocycles. The van der Waals surface area contributed by atoms with E-state index in [2.05, 4.69) is 9.80 Å². The molecule has 5 unspecified atom stereocenters. The summed E-state index contributed by atoms with van der Waals surface area (Å²) in [5.41, 5.74) is 1.49. The minimum Gasteiger partial charge on any atom is -0.478 e. The molecule has 4 aliphatic rings. The van der Waals surface area contributed by atoms with Crippen molar-refractivity contribution in [2.75, 3.05) is 26.2 Å². The first-order valence-corrected chi connectivity index (χ1v) is 9.02. The molecule has 5 rings (SSSR count). The lowest BCUT2D eigenvalue weighted by Gasteiger charge is -2.23. The number of aromatic carboxylic acids is 1. The Bertz CT molecular complexity index is 578. The van der Waals surface area contributed by atoms with Crippen molar-refractivity contribution in [1.82, 2.24) is 9.80 Å². The van der Waals surface area contributed by atoms with Crippen LogP contribution in [0.15, 0.2) is 24.3 Å². The van der Waals surface area contributed by atoms with E-state index in [0.29, 0.717) is 11.5 Å². The molecule has 1 aromatic rings. The van der Waals surface area contributed by atoms with Crippen LogP contribution in [-0.2, 0) is 0 Å². The van der Waals surface area contributed by atoms with Crippen LogP contribution >= 0.6 is 0 Å². The van der Waals surface area contributed by atoms with Crippen LogP contribution in [0.5, 0.6) is 0 Å². The number of nitrogens with zero attached hydrogens (tertiary/aromatic N) is 2. The fraction of sp³-hybridized carbons (Fsp3) is 0.632. The molecule has 124 valence electrons. The van der Waals surface area contributed by atoms with E-state index in [4.69, 9.17) is 5.11 Å². The van der Waals surface area contributed by atoms with Crippen LogP contribution in [0.4, 0.5) is 0 Å². The number of carboxylic acids is 1. The maximum atomic E-state index is 11.1. The quantitative estimate of drug-likeness (QED) is 0.853. The van der Waals surface area contributed by atoms with E-state index in [9.17, 15) is 4.79 Å². The summed E-state index contributed by atoms with van der Waals surface area (Å²) in [7, 11) is 0. The van der Waals surface area contributed by atoms with E-state index in [0.717, 1.165) is 30.6 Å². The highest BCUT2D eigenvalue weighted by atomic mass is 16.4. The highest BCUT2D eigenvalue weighted by Crippen LogP contribution is 2.38. The van der Waals surface area contributed by atoms with Crippen molar-refractivity contribution in [3.05, 3.63) is 35.4 Å². The van der Waals surface area contributed by atoms with E-state index in [1.165, 1.54) is 45.3 Å². The third kappa shape index (κ3) is 3.43. The van der Waals surface area contributed by atoms with Crippen LogP contribution in [-0.4, -0.2) is 59.1 Å². The first-order chi connectivity index (χ1) is 11.2. The number of fused-ring (bicyclic) bond motifs is 2. The highest BCUT2D eigenvalue weighted by Gasteiger charge is 2.40. The molecule has 0 bridgehead atoms. The average Bonchev–Trinajstić information content (AvgIpc) is 3.47. The monoisotopic (exact) mass is 314 g/mol. The summed E-state index contributed by atoms with van der Waals surface area (Å²) in [4.78, 5) is 16.1. The maximum absolute atomic E-state index is 11.1. The zero-order valence-electron chi connectivity index (χ0n) is 13.7. The molecule has 4 fully saturated rings. The van der Waals surface area contributed by atoms with Gasteiger partial charge < -0.3 is 5.11 Å². The predicted molar refractivity (Wildman–Crippen MR) is 89.9 cm³/mol. The van der Waals surface area contributed by atoms with E-state index in [1.54, 1.807) is 12.1 Å². The minimum absolute atomic E-state index is 0.408. The van der Waals surface area contributed by atoms with Gasteiger partial charge in [0, 0.05) is 31.7 Å². The van der Waals surface area contributed by atoms with Crippen molar-refractivity contribution in [2.24, 2.45) is 0 Å². The number of carbonyl (C=O) groups is 1. The highest BCUT2D eigenvalue weighted by molar-refractivity contribution is 5.89. The molecule has 4 heteroatoms. The predicted octanol–water partition coefficient (Wildman–Crippen LogP) is 2.80. The second-order valence-corrected chi connectivity index (χ2v) is 7.42. The molecule has 0 spiro atoms. The maximum Gasteiger partial charge on any atom is 0.335 e. The Labute approximate surface area is 138 Å². The average molecular weight is 314 g/mol. The third-order valence-electron chi connectivity index (χ3n) is 5.82. The lowest BCUT2D eigenvalue weighted by Crippen LogP contribution is -2.21. The van der Waals surface area contributed by atoms with E-state index in [-0.39, 0.29) is 0 Å². The normalized spacial score (nSPS) is 36.8. The fourth-order valence-electron chi connectivity index (χ4n) is 4.26. The first-order valence-electron chi connectivity index (χ1n) is 9.02. The largest absolute Gasteiger partial charge is 0.478 e. The summed E-state index contributed by atoms with van der Waals surface area (Å²) in [5, 5.41) is 9.16. The number of hydrogen-bond donors (Lipinski definition) is 1. The smallest absolute Gasteiger partial charge is 0.335 e. The Morgan fingerprint density at radius 2 is 1.74 bits per heavy atom. The summed E-state index contributed by atoms with van der Waals surface area (Å²) in [6.07, 6.45) is 6.78. The summed E-state index contributed by atoms with van der Waals surface area (Å²) in [6.45, 7) is 5.06. The Hall–Kier alpha value is -1.39. The SMILES string of the molecule is C1CCN2CC2C1.O=C(O)c1ccccc1C1CCC2CN2C1. The summed E-state index contributed by atoms with van der Waals surface area (Å²) >= 11 is 0. The lowest BCUT2D eigenvalue weighted by molar-refractivity contribution is 0.0694. The standard InChI is InChI=1S/C13H15NO2.C6H11N/c15-13(16)12-4-2-1-3-11(12)9-5-6-10-8-14(10)7-9;1-2-4-7-5-6(7)3-1/h1-4,9-10H,5-8H2,(H,15,16);6H,1-5H2. The molecular weight excluding hydrogens is 288 g/mol. The van der Waals surface area contributed by atoms with Crippen molar-refractivity contribution in [2.45, 2.75) is 50.1 Å². The lowest BCUT2D eigenvalue weighted by atomic mass is 9.88. The number of hydrogen-bond acceptors (Lipinski definition) is 3. The van der Waals surface area contributed by atoms with E-state index < -0.39 is 5.97 Å². The van der Waals surface area contributed by atoms with Crippen molar-refractivity contribution < 1.29 is 9.90 Å². The zero-order valence-corrected chi connectivity index (χ0v) is 13.7. The topological polar surface area (TPSA) is 43.3 Å². The van der Waals surface area contributed by atoms with Crippen LogP contribution < -0.4 is 0 Å². The summed E-state index contributed by atoms with van der Waals surface area (Å²) in [5.74, 6) is -0.394. The van der Waals surface area contributed by atoms with Gasteiger partial charge in [-0.2, -0.15) is 0 Å². The molecule has 0 radical (unpaired) electrons. The van der Waals surface area contributed by atoms with Crippen LogP contribution in [0.3, 0.4) is 0 Å². The molecular formula is C19H26N2O2. The Morgan fingerprint density at radius 3 is 2.43 bits per heavy atom. The Morgan fingerprint density at radius 1 is 0.957 bits per heavy atom. The molecule has 23 heavy (non-hydrogen) atoms. The van der Waals surface area contributed by atoms with E-state index in [1.807, 2.05) is 12.1 Å². The Balaban J connectivity index is 0.000000160. The minimum atomic E-state index is -0.802. The molecule has 1 N–H and O–H groups in total. The third-order valence-corrected chi connectivity index (χ3v) is 5.82. The van der Waals surface area contributed by atoms with E-state index >= 15 is 0 Å². The van der Waals surface area contributed by atoms with Gasteiger partial charge in [0.1, 0.15) is 0 Å². The van der Waals surface area contributed by atoms with Gasteiger partial charge in [-0.3, -0.25) is 9.80 Å². The Kier molecular flexibility index (Phi) is 4.12. The van der Waals surface area contributed by atoms with Gasteiger partial charge in [0.25, 0.3) is 0 Å². The van der Waals surface area contributed by atoms with Crippen LogP contribution in [0.1, 0.15) is 53.9 Å². The zero-order chi connectivity index (χ0) is 15.8. The fourth-order valence-corrected chi connectivity index (χ4v) is 4.26. The van der Waals surface area contributed by atoms with Crippen LogP contribution in [0, 0.1) is 0 Å². The van der Waals surface area contributed by atoms with Gasteiger partial charge in [0.2, 0.25) is 0 Å². The van der Waals surface area contributed by atoms with Gasteiger partial charge >= 0.3 is 5.97 Å². The molecule has 0 saturated carbocycles. The number of carboxylic acid groups (broad SMARTS) is 1. The van der Waals surface area contributed by atoms with Crippen molar-refractivity contribution >= 4 is 5.97 Å². The summed E-state index contributed by atoms with van der Waals surface area (Å²) in [6, 6.07) is 9.26. The van der Waals surface area contributed by atoms with Crippen molar-refractivity contribution in [1.29, 1.82) is 0 Å². The van der Waals surface area contributed by atoms with Crippen LogP contribution in [0.25, 0.3) is 0 Å². The summed E-state index contributed by atoms with van der Waals surface area (Å²) < 4.78 is 0. The van der Waals surface area contributed by atoms with Crippen molar-refractivity contribution in [3.63, 3.8) is 0 Å². The molecule has 4 nitrogen and oxygen atoms in total. The van der Waals surface area contributed by atoms with Gasteiger partial charge in [-0.15, -0.1) is 0 Å². The van der Waals surface area contributed by atoms with Crippen LogP contribution in [0.2, 0.25) is 0 Å². The molecule has 0 aliphatic carbocycles. The van der Waals surface area contributed by atoms with Gasteiger partial charge in [-0.1, -0.05) is 24.6 Å². The molecule has 0 aromatic heterocycles. The van der Waals surface area contributed by atoms with Crippen molar-refractivity contribution in [3.8, 4) is 0 Å². The van der Waals surface area contributed by atoms with Gasteiger partial charge in [-0.05, 0) is 49.8 Å².